The number of nitro benzene ring substituents is 1. The molecule has 180 valence electrons. The lowest BCUT2D eigenvalue weighted by Crippen LogP contribution is -2.31. The molecular weight excluding hydrogens is 477 g/mol. The van der Waals surface area contributed by atoms with E-state index in [1.165, 1.54) is 43.5 Å². The summed E-state index contributed by atoms with van der Waals surface area (Å²) in [5.74, 6) is -1.55. The Hall–Kier alpha value is -4.25. The van der Waals surface area contributed by atoms with Gasteiger partial charge in [0.2, 0.25) is 0 Å². The molecule has 0 aliphatic rings. The average molecular weight is 498 g/mol. The van der Waals surface area contributed by atoms with Gasteiger partial charge in [-0.05, 0) is 53.9 Å². The maximum absolute atomic E-state index is 13.5. The number of fused-ring (bicyclic) bond motifs is 1. The summed E-state index contributed by atoms with van der Waals surface area (Å²) in [4.78, 5) is 23.3. The normalized spacial score (nSPS) is 11.4. The molecule has 0 fully saturated rings. The van der Waals surface area contributed by atoms with Crippen molar-refractivity contribution in [2.75, 3.05) is 7.11 Å². The van der Waals surface area contributed by atoms with Crippen LogP contribution in [0.3, 0.4) is 0 Å². The molecule has 0 radical (unpaired) electrons. The largest absolute Gasteiger partial charge is 0.496 e. The Morgan fingerprint density at radius 2 is 1.91 bits per heavy atom. The van der Waals surface area contributed by atoms with Crippen LogP contribution in [-0.4, -0.2) is 30.9 Å². The molecule has 0 unspecified atom stereocenters. The van der Waals surface area contributed by atoms with Gasteiger partial charge >= 0.3 is 0 Å². The standard InChI is InChI=1S/C24H20FN3O6S/c1-27-14-16(20-13-18(28(30)31)7-8-22(20)27)10-15-6-9-23(34-2)21(11-15)24(29)26-35(32,33)19-5-3-4-17(25)12-19/h3-9,11-14H,10H2,1-2H3,(H,26,29). The van der Waals surface area contributed by atoms with E-state index in [-0.39, 0.29) is 17.0 Å². The van der Waals surface area contributed by atoms with Crippen molar-refractivity contribution in [3.63, 3.8) is 0 Å². The molecule has 0 spiro atoms. The predicted molar refractivity (Wildman–Crippen MR) is 126 cm³/mol. The number of aryl methyl sites for hydroxylation is 1. The second-order valence-corrected chi connectivity index (χ2v) is 9.51. The van der Waals surface area contributed by atoms with E-state index in [0.717, 1.165) is 23.2 Å². The van der Waals surface area contributed by atoms with Gasteiger partial charge in [-0.3, -0.25) is 14.9 Å². The van der Waals surface area contributed by atoms with Gasteiger partial charge in [-0.2, -0.15) is 0 Å². The average Bonchev–Trinajstić information content (AvgIpc) is 3.13. The molecule has 1 aromatic heterocycles. The molecule has 4 rings (SSSR count). The van der Waals surface area contributed by atoms with Crippen LogP contribution in [0.2, 0.25) is 0 Å². The van der Waals surface area contributed by atoms with Gasteiger partial charge in [0.1, 0.15) is 11.6 Å². The molecule has 9 nitrogen and oxygen atoms in total. The van der Waals surface area contributed by atoms with Crippen LogP contribution in [0.1, 0.15) is 21.5 Å². The first-order chi connectivity index (χ1) is 16.6. The number of nitro groups is 1. The summed E-state index contributed by atoms with van der Waals surface area (Å²) in [6, 6.07) is 13.6. The Balaban J connectivity index is 1.67. The fourth-order valence-electron chi connectivity index (χ4n) is 3.85. The van der Waals surface area contributed by atoms with Gasteiger partial charge in [0.15, 0.2) is 0 Å². The number of ether oxygens (including phenoxy) is 1. The Kier molecular flexibility index (Phi) is 6.27. The van der Waals surface area contributed by atoms with Crippen molar-refractivity contribution in [3.8, 4) is 5.75 Å². The third kappa shape index (κ3) is 4.85. The summed E-state index contributed by atoms with van der Waals surface area (Å²) in [6.07, 6.45) is 2.16. The monoisotopic (exact) mass is 497 g/mol. The Morgan fingerprint density at radius 3 is 2.60 bits per heavy atom. The number of nitrogens with one attached hydrogen (secondary N) is 1. The molecule has 11 heteroatoms. The fraction of sp³-hybridized carbons (Fsp3) is 0.125. The number of amides is 1. The summed E-state index contributed by atoms with van der Waals surface area (Å²) in [7, 11) is -1.16. The van der Waals surface area contributed by atoms with Crippen molar-refractivity contribution in [1.82, 2.24) is 9.29 Å². The zero-order valence-electron chi connectivity index (χ0n) is 18.7. The number of methoxy groups -OCH3 is 1. The maximum atomic E-state index is 13.5. The highest BCUT2D eigenvalue weighted by Gasteiger charge is 2.22. The topological polar surface area (TPSA) is 121 Å². The van der Waals surface area contributed by atoms with Crippen LogP contribution >= 0.6 is 0 Å². The van der Waals surface area contributed by atoms with E-state index >= 15 is 0 Å². The van der Waals surface area contributed by atoms with E-state index in [0.29, 0.717) is 17.4 Å². The summed E-state index contributed by atoms with van der Waals surface area (Å²) in [5, 5.41) is 11.9. The molecule has 35 heavy (non-hydrogen) atoms. The second-order valence-electron chi connectivity index (χ2n) is 7.83. The predicted octanol–water partition coefficient (Wildman–Crippen LogP) is 3.94. The van der Waals surface area contributed by atoms with Gasteiger partial charge in [-0.1, -0.05) is 12.1 Å². The molecule has 4 aromatic rings. The van der Waals surface area contributed by atoms with E-state index in [1.807, 2.05) is 22.5 Å². The lowest BCUT2D eigenvalue weighted by atomic mass is 10.0. The first-order valence-electron chi connectivity index (χ1n) is 10.3. The third-order valence-electron chi connectivity index (χ3n) is 5.50. The molecule has 1 heterocycles. The Bertz CT molecular complexity index is 1580. The molecule has 0 saturated heterocycles. The Morgan fingerprint density at radius 1 is 1.14 bits per heavy atom. The van der Waals surface area contributed by atoms with E-state index in [9.17, 15) is 27.7 Å². The Labute approximate surface area is 200 Å². The minimum absolute atomic E-state index is 0.0313. The fourth-order valence-corrected chi connectivity index (χ4v) is 4.85. The molecule has 0 saturated carbocycles. The smallest absolute Gasteiger partial charge is 0.270 e. The zero-order chi connectivity index (χ0) is 25.3. The number of carbonyl (C=O) groups is 1. The summed E-state index contributed by atoms with van der Waals surface area (Å²) in [5.41, 5.74) is 2.17. The van der Waals surface area contributed by atoms with Crippen LogP contribution in [-0.2, 0) is 23.5 Å². The van der Waals surface area contributed by atoms with Crippen molar-refractivity contribution in [2.24, 2.45) is 7.05 Å². The van der Waals surface area contributed by atoms with E-state index in [1.54, 1.807) is 12.1 Å². The van der Waals surface area contributed by atoms with E-state index < -0.39 is 31.6 Å². The highest BCUT2D eigenvalue weighted by atomic mass is 32.2. The van der Waals surface area contributed by atoms with Crippen LogP contribution in [0, 0.1) is 15.9 Å². The molecule has 0 atom stereocenters. The molecule has 3 aromatic carbocycles. The summed E-state index contributed by atoms with van der Waals surface area (Å²) < 4.78 is 47.7. The van der Waals surface area contributed by atoms with Gasteiger partial charge in [0.25, 0.3) is 21.6 Å². The first-order valence-corrected chi connectivity index (χ1v) is 11.8. The lowest BCUT2D eigenvalue weighted by Gasteiger charge is -2.12. The van der Waals surface area contributed by atoms with Crippen LogP contribution in [0.15, 0.2) is 71.8 Å². The van der Waals surface area contributed by atoms with E-state index in [4.69, 9.17) is 4.74 Å². The third-order valence-corrected chi connectivity index (χ3v) is 6.83. The van der Waals surface area contributed by atoms with Gasteiger partial charge in [0.05, 0.1) is 22.5 Å². The van der Waals surface area contributed by atoms with E-state index in [2.05, 4.69) is 0 Å². The van der Waals surface area contributed by atoms with Gasteiger partial charge in [-0.25, -0.2) is 17.5 Å². The van der Waals surface area contributed by atoms with Crippen molar-refractivity contribution in [3.05, 3.63) is 99.5 Å². The number of sulfonamides is 1. The van der Waals surface area contributed by atoms with Gasteiger partial charge in [-0.15, -0.1) is 0 Å². The quantitative estimate of drug-likeness (QED) is 0.305. The number of halogens is 1. The first kappa shape index (κ1) is 23.9. The molecule has 0 aliphatic carbocycles. The van der Waals surface area contributed by atoms with Gasteiger partial charge < -0.3 is 9.30 Å². The molecular formula is C24H20FN3O6S. The molecule has 1 amide bonds. The van der Waals surface area contributed by atoms with Crippen molar-refractivity contribution < 1.29 is 27.3 Å². The van der Waals surface area contributed by atoms with Crippen LogP contribution < -0.4 is 9.46 Å². The lowest BCUT2D eigenvalue weighted by molar-refractivity contribution is -0.384. The second kappa shape index (κ2) is 9.18. The minimum atomic E-state index is -4.33. The van der Waals surface area contributed by atoms with Crippen LogP contribution in [0.25, 0.3) is 10.9 Å². The van der Waals surface area contributed by atoms with Crippen molar-refractivity contribution in [1.29, 1.82) is 0 Å². The van der Waals surface area contributed by atoms with Crippen molar-refractivity contribution in [2.45, 2.75) is 11.3 Å². The molecule has 0 bridgehead atoms. The van der Waals surface area contributed by atoms with Crippen LogP contribution in [0.5, 0.6) is 5.75 Å². The maximum Gasteiger partial charge on any atom is 0.270 e. The number of hydrogen-bond donors (Lipinski definition) is 1. The highest BCUT2D eigenvalue weighted by Crippen LogP contribution is 2.29. The van der Waals surface area contributed by atoms with Gasteiger partial charge in [0, 0.05) is 36.3 Å². The number of carbonyl (C=O) groups excluding carboxylic acids is 1. The number of hydrogen-bond acceptors (Lipinski definition) is 6. The summed E-state index contributed by atoms with van der Waals surface area (Å²) >= 11 is 0. The van der Waals surface area contributed by atoms with Crippen molar-refractivity contribution >= 4 is 32.5 Å². The highest BCUT2D eigenvalue weighted by molar-refractivity contribution is 7.90. The summed E-state index contributed by atoms with van der Waals surface area (Å²) in [6.45, 7) is 0. The number of nitrogens with zero attached hydrogens (tertiary/aromatic N) is 2. The molecule has 1 N–H and O–H groups in total. The number of benzene rings is 3. The number of non-ortho nitro benzene ring substituents is 1. The zero-order valence-corrected chi connectivity index (χ0v) is 19.5. The van der Waals surface area contributed by atoms with Crippen LogP contribution in [0.4, 0.5) is 10.1 Å². The molecule has 0 aliphatic heterocycles. The number of aromatic nitrogens is 1. The number of rotatable bonds is 7. The minimum Gasteiger partial charge on any atom is -0.496 e. The SMILES string of the molecule is COc1ccc(Cc2cn(C)c3ccc([N+](=O)[O-])cc23)cc1C(=O)NS(=O)(=O)c1cccc(F)c1.